The van der Waals surface area contributed by atoms with E-state index in [-0.39, 0.29) is 35.8 Å². The number of amides is 3. The Bertz CT molecular complexity index is 1700. The van der Waals surface area contributed by atoms with Crippen LogP contribution in [-0.4, -0.2) is 70.1 Å². The molecule has 2 aliphatic rings. The second kappa shape index (κ2) is 15.3. The maximum Gasteiger partial charge on any atom is 0.254 e. The van der Waals surface area contributed by atoms with E-state index < -0.39 is 17.8 Å². The minimum atomic E-state index is -0.860. The fourth-order valence-electron chi connectivity index (χ4n) is 6.40. The van der Waals surface area contributed by atoms with E-state index >= 15 is 4.39 Å². The van der Waals surface area contributed by atoms with Crippen LogP contribution >= 0.6 is 0 Å². The minimum Gasteiger partial charge on any atom is -0.348 e. The number of aromatic nitrogens is 4. The zero-order valence-corrected chi connectivity index (χ0v) is 26.5. The molecule has 48 heavy (non-hydrogen) atoms. The first-order valence-electron chi connectivity index (χ1n) is 16.4. The molecule has 1 aromatic heterocycles. The Kier molecular flexibility index (Phi) is 10.5. The van der Waals surface area contributed by atoms with Crippen molar-refractivity contribution in [2.45, 2.75) is 50.6 Å². The molecular formula is C35H40FN9O3. The number of rotatable bonds is 11. The summed E-state index contributed by atoms with van der Waals surface area (Å²) in [6.07, 6.45) is 4.26. The normalized spacial score (nSPS) is 19.8. The summed E-state index contributed by atoms with van der Waals surface area (Å²) in [5.74, 6) is -0.873. The van der Waals surface area contributed by atoms with Gasteiger partial charge in [0.05, 0.1) is 5.56 Å². The lowest BCUT2D eigenvalue weighted by molar-refractivity contribution is -0.130. The predicted octanol–water partition coefficient (Wildman–Crippen LogP) is 3.20. The first-order valence-corrected chi connectivity index (χ1v) is 16.4. The zero-order chi connectivity index (χ0) is 33.5. The van der Waals surface area contributed by atoms with E-state index in [9.17, 15) is 14.4 Å². The number of nitrogens with two attached hydrogens (primary N) is 1. The zero-order valence-electron chi connectivity index (χ0n) is 26.5. The highest BCUT2D eigenvalue weighted by molar-refractivity contribution is 5.98. The Morgan fingerprint density at radius 1 is 0.938 bits per heavy atom. The van der Waals surface area contributed by atoms with Crippen molar-refractivity contribution in [2.75, 3.05) is 25.0 Å². The van der Waals surface area contributed by atoms with Crippen LogP contribution in [0, 0.1) is 17.7 Å². The summed E-state index contributed by atoms with van der Waals surface area (Å²) in [6, 6.07) is 18.1. The molecule has 0 radical (unpaired) electrons. The third kappa shape index (κ3) is 7.92. The van der Waals surface area contributed by atoms with Crippen LogP contribution in [0.2, 0.25) is 0 Å². The van der Waals surface area contributed by atoms with E-state index in [1.165, 1.54) is 6.07 Å². The standard InChI is InChI=1S/C35H40FN9O3/c36-31-28(2-1-3-29(31)34(47)40-27-16-17-38-20-27)23-8-4-21(5-9-23)18-30(41-33(46)25-10-6-22(19-37)7-11-25)35(48)39-26-14-12-24(13-15-26)32-42-44-45-43-32/h1-5,8-9,12-15,22,25,27,30,38H,6-7,10-11,16-20,37H2,(H,39,48)(H,40,47)(H,41,46)(H,42,43,44,45). The third-order valence-electron chi connectivity index (χ3n) is 9.28. The predicted molar refractivity (Wildman–Crippen MR) is 179 cm³/mol. The van der Waals surface area contributed by atoms with Crippen molar-refractivity contribution in [3.05, 3.63) is 83.7 Å². The van der Waals surface area contributed by atoms with Crippen molar-refractivity contribution >= 4 is 23.4 Å². The molecule has 2 atom stereocenters. The van der Waals surface area contributed by atoms with Crippen LogP contribution in [0.1, 0.15) is 48.0 Å². The summed E-state index contributed by atoms with van der Waals surface area (Å²) in [5, 5.41) is 25.9. The molecule has 12 nitrogen and oxygen atoms in total. The molecule has 7 N–H and O–H groups in total. The summed E-state index contributed by atoms with van der Waals surface area (Å²) in [5.41, 5.74) is 8.79. The number of carbonyl (C=O) groups is 3. The number of H-pyrrole nitrogens is 1. The van der Waals surface area contributed by atoms with Crippen molar-refractivity contribution < 1.29 is 18.8 Å². The molecule has 1 aliphatic carbocycles. The van der Waals surface area contributed by atoms with Crippen LogP contribution in [0.5, 0.6) is 0 Å². The van der Waals surface area contributed by atoms with Crippen LogP contribution in [0.4, 0.5) is 10.1 Å². The van der Waals surface area contributed by atoms with Crippen molar-refractivity contribution in [3.8, 4) is 22.5 Å². The summed E-state index contributed by atoms with van der Waals surface area (Å²) in [6.45, 7) is 2.09. The van der Waals surface area contributed by atoms with E-state index in [1.807, 2.05) is 12.1 Å². The SMILES string of the molecule is NCC1CCC(C(=O)NC(Cc2ccc(-c3cccc(C(=O)NC4CCNC4)c3F)cc2)C(=O)Nc2ccc(-c3nn[nH]n3)cc2)CC1. The van der Waals surface area contributed by atoms with Gasteiger partial charge in [-0.1, -0.05) is 36.4 Å². The number of tetrazole rings is 1. The highest BCUT2D eigenvalue weighted by Gasteiger charge is 2.29. The van der Waals surface area contributed by atoms with Gasteiger partial charge < -0.3 is 27.0 Å². The number of hydrogen-bond donors (Lipinski definition) is 6. The molecule has 1 aliphatic heterocycles. The van der Waals surface area contributed by atoms with Gasteiger partial charge in [0.2, 0.25) is 17.6 Å². The maximum absolute atomic E-state index is 15.6. The molecular weight excluding hydrogens is 613 g/mol. The van der Waals surface area contributed by atoms with Crippen LogP contribution < -0.4 is 27.0 Å². The smallest absolute Gasteiger partial charge is 0.254 e. The lowest BCUT2D eigenvalue weighted by Crippen LogP contribution is -2.48. The Labute approximate surface area is 277 Å². The average molecular weight is 654 g/mol. The number of aromatic amines is 1. The van der Waals surface area contributed by atoms with E-state index in [0.717, 1.165) is 49.8 Å². The second-order valence-electron chi connectivity index (χ2n) is 12.5. The van der Waals surface area contributed by atoms with Crippen LogP contribution in [0.25, 0.3) is 22.5 Å². The molecule has 1 saturated heterocycles. The van der Waals surface area contributed by atoms with Crippen LogP contribution in [-0.2, 0) is 16.0 Å². The van der Waals surface area contributed by atoms with Gasteiger partial charge in [0.1, 0.15) is 11.9 Å². The van der Waals surface area contributed by atoms with Crippen molar-refractivity contribution in [1.29, 1.82) is 0 Å². The van der Waals surface area contributed by atoms with E-state index in [1.54, 1.807) is 48.5 Å². The van der Waals surface area contributed by atoms with Gasteiger partial charge in [-0.25, -0.2) is 4.39 Å². The Morgan fingerprint density at radius 3 is 2.35 bits per heavy atom. The molecule has 3 amide bonds. The topological polar surface area (TPSA) is 180 Å². The minimum absolute atomic E-state index is 0.00579. The molecule has 13 heteroatoms. The number of nitrogens with zero attached hydrogens (tertiary/aromatic N) is 3. The first-order chi connectivity index (χ1) is 23.4. The summed E-state index contributed by atoms with van der Waals surface area (Å²) in [4.78, 5) is 39.8. The van der Waals surface area contributed by atoms with Crippen molar-refractivity contribution in [1.82, 2.24) is 36.6 Å². The monoisotopic (exact) mass is 653 g/mol. The highest BCUT2D eigenvalue weighted by atomic mass is 19.1. The number of nitrogens with one attached hydrogen (secondary N) is 5. The summed E-state index contributed by atoms with van der Waals surface area (Å²) in [7, 11) is 0. The fraction of sp³-hybridized carbons (Fsp3) is 0.371. The van der Waals surface area contributed by atoms with Gasteiger partial charge in [0, 0.05) is 41.7 Å². The lowest BCUT2D eigenvalue weighted by atomic mass is 9.81. The maximum atomic E-state index is 15.6. The van der Waals surface area contributed by atoms with E-state index in [2.05, 4.69) is 41.9 Å². The van der Waals surface area contributed by atoms with Gasteiger partial charge in [0.15, 0.2) is 0 Å². The fourth-order valence-corrected chi connectivity index (χ4v) is 6.40. The average Bonchev–Trinajstić information content (AvgIpc) is 3.84. The number of benzene rings is 3. The van der Waals surface area contributed by atoms with Gasteiger partial charge in [0.25, 0.3) is 5.91 Å². The third-order valence-corrected chi connectivity index (χ3v) is 9.28. The van der Waals surface area contributed by atoms with Crippen molar-refractivity contribution in [3.63, 3.8) is 0 Å². The molecule has 6 rings (SSSR count). The number of hydrogen-bond acceptors (Lipinski definition) is 8. The van der Waals surface area contributed by atoms with E-state index in [4.69, 9.17) is 5.73 Å². The number of carbonyl (C=O) groups excluding carboxylic acids is 3. The molecule has 3 aromatic carbocycles. The van der Waals surface area contributed by atoms with Crippen molar-refractivity contribution in [2.24, 2.45) is 17.6 Å². The number of anilines is 1. The summed E-state index contributed by atoms with van der Waals surface area (Å²) < 4.78 is 15.6. The Balaban J connectivity index is 1.16. The van der Waals surface area contributed by atoms with Crippen LogP contribution in [0.3, 0.4) is 0 Å². The second-order valence-corrected chi connectivity index (χ2v) is 12.5. The lowest BCUT2D eigenvalue weighted by Gasteiger charge is -2.28. The van der Waals surface area contributed by atoms with E-state index in [0.29, 0.717) is 41.6 Å². The molecule has 2 unspecified atom stereocenters. The van der Waals surface area contributed by atoms with Gasteiger partial charge >= 0.3 is 0 Å². The molecule has 0 spiro atoms. The van der Waals surface area contributed by atoms with Gasteiger partial charge in [-0.2, -0.15) is 5.21 Å². The Hall–Kier alpha value is -5.01. The first kappa shape index (κ1) is 32.9. The largest absolute Gasteiger partial charge is 0.348 e. The molecule has 4 aromatic rings. The molecule has 1 saturated carbocycles. The highest BCUT2D eigenvalue weighted by Crippen LogP contribution is 2.29. The molecule has 2 heterocycles. The number of halogens is 1. The van der Waals surface area contributed by atoms with Crippen LogP contribution in [0.15, 0.2) is 66.7 Å². The Morgan fingerprint density at radius 2 is 1.69 bits per heavy atom. The molecule has 2 fully saturated rings. The summed E-state index contributed by atoms with van der Waals surface area (Å²) >= 11 is 0. The van der Waals surface area contributed by atoms with Gasteiger partial charge in [-0.15, -0.1) is 10.2 Å². The molecule has 250 valence electrons. The quantitative estimate of drug-likeness (QED) is 0.143. The van der Waals surface area contributed by atoms with Gasteiger partial charge in [-0.3, -0.25) is 14.4 Å². The van der Waals surface area contributed by atoms with Gasteiger partial charge in [-0.05, 0) is 97.8 Å². The molecule has 0 bridgehead atoms.